The zero-order chi connectivity index (χ0) is 15.8. The first kappa shape index (κ1) is 16.8. The lowest BCUT2D eigenvalue weighted by Gasteiger charge is -2.13. The van der Waals surface area contributed by atoms with Gasteiger partial charge in [-0.05, 0) is 31.2 Å². The summed E-state index contributed by atoms with van der Waals surface area (Å²) in [5, 5.41) is 2.73. The first-order valence-electron chi connectivity index (χ1n) is 6.02. The van der Waals surface area contributed by atoms with Gasteiger partial charge in [-0.25, -0.2) is 4.79 Å². The molecule has 0 radical (unpaired) electrons. The average Bonchev–Trinajstić information content (AvgIpc) is 2.44. The van der Waals surface area contributed by atoms with Crippen LogP contribution in [0, 0.1) is 0 Å². The molecule has 1 aromatic rings. The summed E-state index contributed by atoms with van der Waals surface area (Å²) in [6.45, 7) is 0.659. The summed E-state index contributed by atoms with van der Waals surface area (Å²) in [5.41, 5.74) is 4.85. The molecule has 1 rings (SSSR count). The Labute approximate surface area is 126 Å². The van der Waals surface area contributed by atoms with Crippen molar-refractivity contribution in [1.82, 2.24) is 5.32 Å². The number of nitrogens with two attached hydrogens (primary N) is 1. The minimum Gasteiger partial charge on any atom is -0.479 e. The van der Waals surface area contributed by atoms with Crippen molar-refractivity contribution in [3.63, 3.8) is 0 Å². The molecule has 1 aromatic carbocycles. The quantitative estimate of drug-likeness (QED) is 0.701. The number of halogens is 1. The molecule has 0 bridgehead atoms. The molecule has 21 heavy (non-hydrogen) atoms. The predicted octanol–water partition coefficient (Wildman–Crippen LogP) is 0.252. The van der Waals surface area contributed by atoms with Gasteiger partial charge in [0.1, 0.15) is 5.75 Å². The topological polar surface area (TPSA) is 108 Å². The summed E-state index contributed by atoms with van der Waals surface area (Å²) in [4.78, 5) is 33.3. The first-order chi connectivity index (χ1) is 9.88. The van der Waals surface area contributed by atoms with E-state index >= 15 is 0 Å². The zero-order valence-corrected chi connectivity index (χ0v) is 12.1. The molecule has 0 unspecified atom stereocenters. The maximum Gasteiger partial charge on any atom is 0.347 e. The van der Waals surface area contributed by atoms with Crippen LogP contribution < -0.4 is 15.8 Å². The zero-order valence-electron chi connectivity index (χ0n) is 11.3. The van der Waals surface area contributed by atoms with Gasteiger partial charge < -0.3 is 20.5 Å². The molecule has 0 aliphatic carbocycles. The predicted molar refractivity (Wildman–Crippen MR) is 74.7 cm³/mol. The molecule has 0 aromatic heterocycles. The second-order valence-electron chi connectivity index (χ2n) is 4.06. The highest BCUT2D eigenvalue weighted by Crippen LogP contribution is 2.16. The van der Waals surface area contributed by atoms with Crippen molar-refractivity contribution in [3.8, 4) is 5.75 Å². The highest BCUT2D eigenvalue weighted by molar-refractivity contribution is 6.30. The van der Waals surface area contributed by atoms with Crippen LogP contribution >= 0.6 is 11.6 Å². The number of ether oxygens (including phenoxy) is 2. The third-order valence-electron chi connectivity index (χ3n) is 2.26. The number of hydrogen-bond acceptors (Lipinski definition) is 5. The monoisotopic (exact) mass is 314 g/mol. The van der Waals surface area contributed by atoms with E-state index in [4.69, 9.17) is 26.8 Å². The van der Waals surface area contributed by atoms with Gasteiger partial charge in [-0.2, -0.15) is 0 Å². The molecule has 7 nitrogen and oxygen atoms in total. The number of carbonyl (C=O) groups is 3. The normalized spacial score (nSPS) is 11.3. The van der Waals surface area contributed by atoms with E-state index in [-0.39, 0.29) is 6.54 Å². The highest BCUT2D eigenvalue weighted by atomic mass is 35.5. The van der Waals surface area contributed by atoms with Gasteiger partial charge in [0.25, 0.3) is 5.91 Å². The molecule has 0 saturated carbocycles. The molecule has 114 valence electrons. The van der Waals surface area contributed by atoms with Crippen LogP contribution in [-0.4, -0.2) is 37.0 Å². The van der Waals surface area contributed by atoms with Gasteiger partial charge in [0.05, 0.1) is 6.54 Å². The van der Waals surface area contributed by atoms with Crippen molar-refractivity contribution in [2.45, 2.75) is 13.0 Å². The van der Waals surface area contributed by atoms with E-state index in [1.165, 1.54) is 6.92 Å². The van der Waals surface area contributed by atoms with E-state index in [0.717, 1.165) is 0 Å². The molecule has 0 heterocycles. The lowest BCUT2D eigenvalue weighted by atomic mass is 10.3. The second-order valence-corrected chi connectivity index (χ2v) is 4.50. The maximum absolute atomic E-state index is 11.6. The number of esters is 1. The summed E-state index contributed by atoms with van der Waals surface area (Å²) >= 11 is 5.72. The van der Waals surface area contributed by atoms with Gasteiger partial charge in [-0.1, -0.05) is 11.6 Å². The molecule has 8 heteroatoms. The van der Waals surface area contributed by atoms with Crippen LogP contribution in [0.4, 0.5) is 0 Å². The second kappa shape index (κ2) is 8.11. The van der Waals surface area contributed by atoms with Crippen LogP contribution in [0.3, 0.4) is 0 Å². The molecule has 1 atom stereocenters. The number of primary amides is 1. The standard InChI is InChI=1S/C13H15ClN2O5/c1-8(21-10-4-2-9(14)3-5-10)13(19)20-7-12(18)16-6-11(15)17/h2-5,8H,6-7H2,1H3,(H2,15,17)(H,16,18)/t8-/m0/s1. The van der Waals surface area contributed by atoms with Crippen molar-refractivity contribution in [2.75, 3.05) is 13.2 Å². The minimum absolute atomic E-state index is 0.312. The van der Waals surface area contributed by atoms with Crippen molar-refractivity contribution >= 4 is 29.4 Å². The van der Waals surface area contributed by atoms with Gasteiger partial charge in [-0.3, -0.25) is 9.59 Å². The van der Waals surface area contributed by atoms with Gasteiger partial charge in [0.15, 0.2) is 12.7 Å². The lowest BCUT2D eigenvalue weighted by Crippen LogP contribution is -2.37. The molecule has 0 fully saturated rings. The van der Waals surface area contributed by atoms with E-state index < -0.39 is 30.5 Å². The molecular formula is C13H15ClN2O5. The van der Waals surface area contributed by atoms with E-state index in [0.29, 0.717) is 10.8 Å². The Kier molecular flexibility index (Phi) is 6.48. The third kappa shape index (κ3) is 6.62. The number of carbonyl (C=O) groups excluding carboxylic acids is 3. The van der Waals surface area contributed by atoms with E-state index in [9.17, 15) is 14.4 Å². The average molecular weight is 315 g/mol. The van der Waals surface area contributed by atoms with Crippen molar-refractivity contribution in [1.29, 1.82) is 0 Å². The molecule has 0 aliphatic rings. The van der Waals surface area contributed by atoms with Crippen LogP contribution in [0.15, 0.2) is 24.3 Å². The molecular weight excluding hydrogens is 300 g/mol. The fraction of sp³-hybridized carbons (Fsp3) is 0.308. The Balaban J connectivity index is 2.35. The summed E-state index contributed by atoms with van der Waals surface area (Å²) in [6, 6.07) is 6.44. The summed E-state index contributed by atoms with van der Waals surface area (Å²) < 4.78 is 10.1. The summed E-state index contributed by atoms with van der Waals surface area (Å²) in [5.74, 6) is -1.57. The van der Waals surface area contributed by atoms with Crippen molar-refractivity contribution in [3.05, 3.63) is 29.3 Å². The smallest absolute Gasteiger partial charge is 0.347 e. The maximum atomic E-state index is 11.6. The Morgan fingerprint density at radius 3 is 2.48 bits per heavy atom. The van der Waals surface area contributed by atoms with Crippen molar-refractivity contribution < 1.29 is 23.9 Å². The van der Waals surface area contributed by atoms with Crippen LogP contribution in [0.1, 0.15) is 6.92 Å². The van der Waals surface area contributed by atoms with E-state index in [1.54, 1.807) is 24.3 Å². The number of hydrogen-bond donors (Lipinski definition) is 2. The van der Waals surface area contributed by atoms with Crippen LogP contribution in [0.25, 0.3) is 0 Å². The Morgan fingerprint density at radius 2 is 1.90 bits per heavy atom. The van der Waals surface area contributed by atoms with Gasteiger partial charge in [0, 0.05) is 5.02 Å². The SMILES string of the molecule is C[C@H](Oc1ccc(Cl)cc1)C(=O)OCC(=O)NCC(N)=O. The summed E-state index contributed by atoms with van der Waals surface area (Å²) in [6.07, 6.45) is -0.893. The van der Waals surface area contributed by atoms with Gasteiger partial charge in [-0.15, -0.1) is 0 Å². The molecule has 0 aliphatic heterocycles. The van der Waals surface area contributed by atoms with Gasteiger partial charge >= 0.3 is 5.97 Å². The minimum atomic E-state index is -0.893. The Bertz CT molecular complexity index is 518. The number of rotatable bonds is 7. The molecule has 3 N–H and O–H groups in total. The van der Waals surface area contributed by atoms with Crippen molar-refractivity contribution in [2.24, 2.45) is 5.73 Å². The molecule has 0 spiro atoms. The Morgan fingerprint density at radius 1 is 1.29 bits per heavy atom. The van der Waals surface area contributed by atoms with Crippen LogP contribution in [0.5, 0.6) is 5.75 Å². The lowest BCUT2D eigenvalue weighted by molar-refractivity contribution is -0.154. The fourth-order valence-electron chi connectivity index (χ4n) is 1.26. The molecule has 2 amide bonds. The number of amides is 2. The number of benzene rings is 1. The fourth-order valence-corrected chi connectivity index (χ4v) is 1.38. The third-order valence-corrected chi connectivity index (χ3v) is 2.52. The van der Waals surface area contributed by atoms with Gasteiger partial charge in [0.2, 0.25) is 5.91 Å². The Hall–Kier alpha value is -2.28. The van der Waals surface area contributed by atoms with E-state index in [1.807, 2.05) is 0 Å². The van der Waals surface area contributed by atoms with E-state index in [2.05, 4.69) is 5.32 Å². The highest BCUT2D eigenvalue weighted by Gasteiger charge is 2.17. The first-order valence-corrected chi connectivity index (χ1v) is 6.40. The summed E-state index contributed by atoms with van der Waals surface area (Å²) in [7, 11) is 0. The van der Waals surface area contributed by atoms with Crippen LogP contribution in [-0.2, 0) is 19.1 Å². The molecule has 0 saturated heterocycles. The van der Waals surface area contributed by atoms with Crippen LogP contribution in [0.2, 0.25) is 5.02 Å². The largest absolute Gasteiger partial charge is 0.479 e. The number of nitrogens with one attached hydrogen (secondary N) is 1.